The Morgan fingerprint density at radius 2 is 1.69 bits per heavy atom. The van der Waals surface area contributed by atoms with Crippen LogP contribution in [0.3, 0.4) is 0 Å². The molecule has 0 aliphatic rings. The number of carbonyl (C=O) groups is 2. The SMILES string of the molecule is COC(=O)c1ccc(Oc2cc[c-]cc2S(=O)(=O)O)c(C(=O)OC)c1.[Na+]. The van der Waals surface area contributed by atoms with E-state index in [1.54, 1.807) is 0 Å². The molecule has 132 valence electrons. The first-order chi connectivity index (χ1) is 11.8. The average Bonchev–Trinajstić information content (AvgIpc) is 2.60. The Hall–Kier alpha value is -1.91. The largest absolute Gasteiger partial charge is 1.00 e. The smallest absolute Gasteiger partial charge is 0.481 e. The van der Waals surface area contributed by atoms with Gasteiger partial charge in [-0.2, -0.15) is 18.2 Å². The van der Waals surface area contributed by atoms with Crippen molar-refractivity contribution in [2.24, 2.45) is 0 Å². The molecule has 0 atom stereocenters. The molecule has 0 saturated carbocycles. The van der Waals surface area contributed by atoms with Gasteiger partial charge in [0.2, 0.25) is 10.1 Å². The van der Waals surface area contributed by atoms with Gasteiger partial charge in [0.15, 0.2) is 0 Å². The zero-order chi connectivity index (χ0) is 18.6. The van der Waals surface area contributed by atoms with Gasteiger partial charge in [0.05, 0.1) is 19.8 Å². The molecule has 0 radical (unpaired) electrons. The summed E-state index contributed by atoms with van der Waals surface area (Å²) in [5, 5.41) is 0. The van der Waals surface area contributed by atoms with E-state index in [1.165, 1.54) is 37.4 Å². The van der Waals surface area contributed by atoms with Crippen molar-refractivity contribution in [2.45, 2.75) is 4.90 Å². The monoisotopic (exact) mass is 388 g/mol. The van der Waals surface area contributed by atoms with E-state index in [1.807, 2.05) is 0 Å². The van der Waals surface area contributed by atoms with Crippen LogP contribution in [0.15, 0.2) is 41.3 Å². The van der Waals surface area contributed by atoms with Crippen molar-refractivity contribution in [3.63, 3.8) is 0 Å². The fourth-order valence-corrected chi connectivity index (χ4v) is 2.52. The Balaban J connectivity index is 0.00000338. The minimum atomic E-state index is -4.56. The second-order valence-corrected chi connectivity index (χ2v) is 6.03. The predicted octanol–water partition coefficient (Wildman–Crippen LogP) is -0.897. The number of hydrogen-bond acceptors (Lipinski definition) is 7. The van der Waals surface area contributed by atoms with Gasteiger partial charge in [-0.3, -0.25) is 4.55 Å². The van der Waals surface area contributed by atoms with Crippen molar-refractivity contribution in [3.8, 4) is 11.5 Å². The van der Waals surface area contributed by atoms with Gasteiger partial charge in [0.1, 0.15) is 11.3 Å². The van der Waals surface area contributed by atoms with Crippen LogP contribution >= 0.6 is 0 Å². The molecule has 0 spiro atoms. The van der Waals surface area contributed by atoms with Crippen molar-refractivity contribution in [3.05, 3.63) is 53.6 Å². The van der Waals surface area contributed by atoms with Crippen LogP contribution < -0.4 is 34.3 Å². The van der Waals surface area contributed by atoms with E-state index in [0.29, 0.717) is 0 Å². The molecule has 0 bridgehead atoms. The normalized spacial score (nSPS) is 10.4. The number of ether oxygens (including phenoxy) is 3. The predicted molar refractivity (Wildman–Crippen MR) is 84.3 cm³/mol. The Morgan fingerprint density at radius 1 is 1.04 bits per heavy atom. The summed E-state index contributed by atoms with van der Waals surface area (Å²) in [4.78, 5) is 23.0. The molecule has 0 aromatic heterocycles. The molecule has 0 aliphatic heterocycles. The van der Waals surface area contributed by atoms with Gasteiger partial charge < -0.3 is 14.2 Å². The van der Waals surface area contributed by atoms with Gasteiger partial charge in [0, 0.05) is 10.6 Å². The van der Waals surface area contributed by atoms with Crippen LogP contribution in [0.1, 0.15) is 20.7 Å². The number of rotatable bonds is 5. The molecule has 0 unspecified atom stereocenters. The van der Waals surface area contributed by atoms with E-state index in [-0.39, 0.29) is 52.2 Å². The standard InChI is InChI=1S/C16H13O8S.Na/c1-22-15(17)10-7-8-12(11(9-10)16(18)23-2)24-13-5-3-4-6-14(13)25(19,20)21;/h3,5-9H,1-2H3,(H,19,20,21);/q-1;+1. The van der Waals surface area contributed by atoms with Crippen LogP contribution in [0.25, 0.3) is 0 Å². The van der Waals surface area contributed by atoms with Crippen molar-refractivity contribution >= 4 is 22.1 Å². The number of esters is 2. The average molecular weight is 388 g/mol. The summed E-state index contributed by atoms with van der Waals surface area (Å²) in [6.07, 6.45) is 0. The van der Waals surface area contributed by atoms with E-state index in [0.717, 1.165) is 13.2 Å². The quantitative estimate of drug-likeness (QED) is 0.303. The molecular formula is C16H13NaO8S. The second-order valence-electron chi connectivity index (χ2n) is 4.64. The summed E-state index contributed by atoms with van der Waals surface area (Å²) in [5.74, 6) is -1.78. The third-order valence-electron chi connectivity index (χ3n) is 3.09. The van der Waals surface area contributed by atoms with E-state index >= 15 is 0 Å². The van der Waals surface area contributed by atoms with Crippen LogP contribution in [0.5, 0.6) is 11.5 Å². The molecule has 10 heteroatoms. The van der Waals surface area contributed by atoms with Gasteiger partial charge in [-0.05, 0) is 18.2 Å². The van der Waals surface area contributed by atoms with Crippen LogP contribution in [0.2, 0.25) is 0 Å². The first kappa shape index (κ1) is 22.1. The first-order valence-electron chi connectivity index (χ1n) is 6.74. The van der Waals surface area contributed by atoms with E-state index in [4.69, 9.17) is 4.74 Å². The number of methoxy groups -OCH3 is 2. The number of carbonyl (C=O) groups excluding carboxylic acids is 2. The Labute approximate surface area is 172 Å². The summed E-state index contributed by atoms with van der Waals surface area (Å²) in [6.45, 7) is 0. The fraction of sp³-hybridized carbons (Fsp3) is 0.125. The van der Waals surface area contributed by atoms with Crippen molar-refractivity contribution < 1.29 is 66.3 Å². The van der Waals surface area contributed by atoms with E-state index in [2.05, 4.69) is 15.5 Å². The zero-order valence-corrected chi connectivity index (χ0v) is 17.0. The van der Waals surface area contributed by atoms with Crippen molar-refractivity contribution in [1.29, 1.82) is 0 Å². The van der Waals surface area contributed by atoms with Crippen LogP contribution in [0.4, 0.5) is 0 Å². The third-order valence-corrected chi connectivity index (χ3v) is 3.97. The molecule has 8 nitrogen and oxygen atoms in total. The van der Waals surface area contributed by atoms with Gasteiger partial charge in [-0.15, -0.1) is 6.07 Å². The molecule has 26 heavy (non-hydrogen) atoms. The zero-order valence-electron chi connectivity index (χ0n) is 14.2. The summed E-state index contributed by atoms with van der Waals surface area (Å²) in [7, 11) is -2.24. The molecule has 0 heterocycles. The summed E-state index contributed by atoms with van der Waals surface area (Å²) in [6, 6.07) is 9.93. The van der Waals surface area contributed by atoms with Crippen LogP contribution in [0, 0.1) is 6.07 Å². The molecule has 0 fully saturated rings. The van der Waals surface area contributed by atoms with E-state index < -0.39 is 27.0 Å². The summed E-state index contributed by atoms with van der Waals surface area (Å²) in [5.41, 5.74) is -0.0498. The van der Waals surface area contributed by atoms with Crippen molar-refractivity contribution in [1.82, 2.24) is 0 Å². The minimum absolute atomic E-state index is 0. The maximum Gasteiger partial charge on any atom is 1.00 e. The number of benzene rings is 2. The maximum atomic E-state index is 11.9. The Morgan fingerprint density at radius 3 is 2.27 bits per heavy atom. The van der Waals surface area contributed by atoms with Crippen molar-refractivity contribution in [2.75, 3.05) is 14.2 Å². The second kappa shape index (κ2) is 9.15. The molecule has 0 amide bonds. The Kier molecular flexibility index (Phi) is 7.79. The van der Waals surface area contributed by atoms with Crippen LogP contribution in [-0.2, 0) is 19.6 Å². The summed E-state index contributed by atoms with van der Waals surface area (Å²) >= 11 is 0. The molecule has 1 N–H and O–H groups in total. The number of hydrogen-bond donors (Lipinski definition) is 1. The topological polar surface area (TPSA) is 116 Å². The van der Waals surface area contributed by atoms with Gasteiger partial charge >= 0.3 is 41.5 Å². The summed E-state index contributed by atoms with van der Waals surface area (Å²) < 4.78 is 46.7. The Bertz CT molecular complexity index is 924. The van der Waals surface area contributed by atoms with Gasteiger partial charge in [-0.25, -0.2) is 18.0 Å². The minimum Gasteiger partial charge on any atom is -0.481 e. The van der Waals surface area contributed by atoms with Gasteiger partial charge in [-0.1, -0.05) is 0 Å². The third kappa shape index (κ3) is 5.05. The van der Waals surface area contributed by atoms with Gasteiger partial charge in [0.25, 0.3) is 0 Å². The molecule has 2 rings (SSSR count). The molecule has 0 aliphatic carbocycles. The molecule has 2 aromatic carbocycles. The first-order valence-corrected chi connectivity index (χ1v) is 8.18. The molecule has 0 saturated heterocycles. The maximum absolute atomic E-state index is 11.9. The van der Waals surface area contributed by atoms with E-state index in [9.17, 15) is 22.6 Å². The molecule has 2 aromatic rings. The van der Waals surface area contributed by atoms with Crippen LogP contribution in [-0.4, -0.2) is 39.1 Å². The fourth-order valence-electron chi connectivity index (χ4n) is 1.94. The molecular weight excluding hydrogens is 375 g/mol.